The van der Waals surface area contributed by atoms with E-state index < -0.39 is 0 Å². The Balaban J connectivity index is 1.81. The van der Waals surface area contributed by atoms with Gasteiger partial charge in [0.05, 0.1) is 11.4 Å². The minimum Gasteiger partial charge on any atom is -0.383 e. The zero-order valence-electron chi connectivity index (χ0n) is 11.2. The van der Waals surface area contributed by atoms with Crippen molar-refractivity contribution in [2.24, 2.45) is 11.7 Å². The second kappa shape index (κ2) is 5.09. The number of pyridine rings is 1. The van der Waals surface area contributed by atoms with Gasteiger partial charge >= 0.3 is 0 Å². The van der Waals surface area contributed by atoms with Gasteiger partial charge in [0.2, 0.25) is 5.91 Å². The Hall–Kier alpha value is -2.14. The van der Waals surface area contributed by atoms with E-state index in [1.54, 1.807) is 0 Å². The Morgan fingerprint density at radius 2 is 2.20 bits per heavy atom. The molecule has 4 N–H and O–H groups in total. The van der Waals surface area contributed by atoms with E-state index in [4.69, 9.17) is 11.5 Å². The number of primary amides is 1. The summed E-state index contributed by atoms with van der Waals surface area (Å²) in [5, 5.41) is 1.09. The van der Waals surface area contributed by atoms with Crippen molar-refractivity contribution in [2.75, 3.05) is 18.8 Å². The average molecular weight is 270 g/mol. The molecule has 1 atom stereocenters. The number of likely N-dealkylation sites (tertiary alicyclic amines) is 1. The van der Waals surface area contributed by atoms with Crippen LogP contribution in [-0.2, 0) is 11.3 Å². The lowest BCUT2D eigenvalue weighted by Crippen LogP contribution is -2.27. The summed E-state index contributed by atoms with van der Waals surface area (Å²) in [6.07, 6.45) is 0.830. The van der Waals surface area contributed by atoms with Gasteiger partial charge in [0.15, 0.2) is 0 Å². The van der Waals surface area contributed by atoms with E-state index in [0.29, 0.717) is 18.9 Å². The van der Waals surface area contributed by atoms with E-state index in [1.165, 1.54) is 0 Å². The molecule has 1 unspecified atom stereocenters. The normalized spacial score (nSPS) is 19.5. The zero-order valence-corrected chi connectivity index (χ0v) is 11.2. The van der Waals surface area contributed by atoms with Crippen molar-refractivity contribution >= 4 is 22.6 Å². The molecule has 1 aliphatic rings. The molecule has 2 heterocycles. The summed E-state index contributed by atoms with van der Waals surface area (Å²) in [5.74, 6) is 0.313. The fourth-order valence-electron chi connectivity index (χ4n) is 2.75. The molecular weight excluding hydrogens is 252 g/mol. The monoisotopic (exact) mass is 270 g/mol. The van der Waals surface area contributed by atoms with E-state index in [1.807, 2.05) is 24.3 Å². The lowest BCUT2D eigenvalue weighted by atomic mass is 10.1. The van der Waals surface area contributed by atoms with E-state index >= 15 is 0 Å². The maximum Gasteiger partial charge on any atom is 0.221 e. The van der Waals surface area contributed by atoms with Crippen LogP contribution in [0.25, 0.3) is 10.9 Å². The number of aromatic nitrogens is 1. The standard InChI is InChI=1S/C15H18N4O/c16-14-12(7-10-3-1-2-4-13(10)18-14)9-19-6-5-11(8-19)15(17)20/h1-4,7,11H,5-6,8-9H2,(H2,16,18)(H2,17,20). The highest BCUT2D eigenvalue weighted by atomic mass is 16.1. The number of nitrogen functional groups attached to an aromatic ring is 1. The maximum absolute atomic E-state index is 11.2. The van der Waals surface area contributed by atoms with Gasteiger partial charge in [0, 0.05) is 24.0 Å². The summed E-state index contributed by atoms with van der Waals surface area (Å²) in [5.41, 5.74) is 13.3. The minimum absolute atomic E-state index is 0.0374. The fourth-order valence-corrected chi connectivity index (χ4v) is 2.75. The van der Waals surface area contributed by atoms with Gasteiger partial charge in [-0.25, -0.2) is 4.98 Å². The number of nitrogens with two attached hydrogens (primary N) is 2. The molecule has 1 amide bonds. The van der Waals surface area contributed by atoms with Gasteiger partial charge in [-0.3, -0.25) is 9.69 Å². The summed E-state index contributed by atoms with van der Waals surface area (Å²) >= 11 is 0. The first kappa shape index (κ1) is 12.9. The predicted molar refractivity (Wildman–Crippen MR) is 78.7 cm³/mol. The highest BCUT2D eigenvalue weighted by Gasteiger charge is 2.26. The second-order valence-corrected chi connectivity index (χ2v) is 5.35. The third-order valence-corrected chi connectivity index (χ3v) is 3.91. The van der Waals surface area contributed by atoms with Crippen LogP contribution in [-0.4, -0.2) is 28.9 Å². The Morgan fingerprint density at radius 3 is 2.95 bits per heavy atom. The lowest BCUT2D eigenvalue weighted by molar-refractivity contribution is -0.121. The molecule has 1 fully saturated rings. The Bertz CT molecular complexity index is 655. The summed E-state index contributed by atoms with van der Waals surface area (Å²) < 4.78 is 0. The molecule has 0 aliphatic carbocycles. The predicted octanol–water partition coefficient (Wildman–Crippen LogP) is 1.12. The van der Waals surface area contributed by atoms with Gasteiger partial charge in [-0.1, -0.05) is 18.2 Å². The van der Waals surface area contributed by atoms with Gasteiger partial charge in [-0.15, -0.1) is 0 Å². The SMILES string of the molecule is NC(=O)C1CCN(Cc2cc3ccccc3nc2N)C1. The first-order valence-electron chi connectivity index (χ1n) is 6.79. The minimum atomic E-state index is -0.211. The van der Waals surface area contributed by atoms with Crippen LogP contribution >= 0.6 is 0 Å². The van der Waals surface area contributed by atoms with Gasteiger partial charge in [0.1, 0.15) is 5.82 Å². The number of amides is 1. The molecule has 0 saturated carbocycles. The number of hydrogen-bond acceptors (Lipinski definition) is 4. The van der Waals surface area contributed by atoms with Crippen molar-refractivity contribution in [3.05, 3.63) is 35.9 Å². The Kier molecular flexibility index (Phi) is 3.28. The molecule has 5 heteroatoms. The largest absolute Gasteiger partial charge is 0.383 e. The fraction of sp³-hybridized carbons (Fsp3) is 0.333. The molecule has 5 nitrogen and oxygen atoms in total. The molecule has 0 bridgehead atoms. The first-order chi connectivity index (χ1) is 9.63. The Labute approximate surface area is 117 Å². The summed E-state index contributed by atoms with van der Waals surface area (Å²) in [4.78, 5) is 17.8. The van der Waals surface area contributed by atoms with Crippen LogP contribution in [0.2, 0.25) is 0 Å². The molecule has 1 aromatic carbocycles. The van der Waals surface area contributed by atoms with Crippen LogP contribution in [0.15, 0.2) is 30.3 Å². The van der Waals surface area contributed by atoms with Gasteiger partial charge in [-0.05, 0) is 25.1 Å². The summed E-state index contributed by atoms with van der Waals surface area (Å²) in [6, 6.07) is 10.0. The van der Waals surface area contributed by atoms with Crippen molar-refractivity contribution in [3.63, 3.8) is 0 Å². The molecule has 1 aromatic heterocycles. The van der Waals surface area contributed by atoms with Gasteiger partial charge in [0.25, 0.3) is 0 Å². The highest BCUT2D eigenvalue weighted by molar-refractivity contribution is 5.81. The van der Waals surface area contributed by atoms with Crippen LogP contribution < -0.4 is 11.5 Å². The summed E-state index contributed by atoms with van der Waals surface area (Å²) in [7, 11) is 0. The third-order valence-electron chi connectivity index (χ3n) is 3.91. The van der Waals surface area contributed by atoms with E-state index in [9.17, 15) is 4.79 Å². The van der Waals surface area contributed by atoms with Crippen molar-refractivity contribution < 1.29 is 4.79 Å². The third kappa shape index (κ3) is 2.44. The highest BCUT2D eigenvalue weighted by Crippen LogP contribution is 2.23. The van der Waals surface area contributed by atoms with Crippen LogP contribution in [0.1, 0.15) is 12.0 Å². The van der Waals surface area contributed by atoms with E-state index in [-0.39, 0.29) is 11.8 Å². The molecule has 2 aromatic rings. The molecular formula is C15H18N4O. The summed E-state index contributed by atoms with van der Waals surface area (Å²) in [6.45, 7) is 2.30. The molecule has 3 rings (SSSR count). The second-order valence-electron chi connectivity index (χ2n) is 5.35. The number of nitrogens with zero attached hydrogens (tertiary/aromatic N) is 2. The Morgan fingerprint density at radius 1 is 1.40 bits per heavy atom. The zero-order chi connectivity index (χ0) is 14.1. The molecule has 1 saturated heterocycles. The van der Waals surface area contributed by atoms with Crippen molar-refractivity contribution in [3.8, 4) is 0 Å². The number of carbonyl (C=O) groups excluding carboxylic acids is 1. The number of hydrogen-bond donors (Lipinski definition) is 2. The quantitative estimate of drug-likeness (QED) is 0.875. The molecule has 0 radical (unpaired) electrons. The number of para-hydroxylation sites is 1. The molecule has 0 spiro atoms. The van der Waals surface area contributed by atoms with E-state index in [2.05, 4.69) is 16.0 Å². The number of benzene rings is 1. The van der Waals surface area contributed by atoms with Crippen LogP contribution in [0.5, 0.6) is 0 Å². The van der Waals surface area contributed by atoms with Crippen LogP contribution in [0.3, 0.4) is 0 Å². The first-order valence-corrected chi connectivity index (χ1v) is 6.79. The van der Waals surface area contributed by atoms with Crippen molar-refractivity contribution in [1.82, 2.24) is 9.88 Å². The van der Waals surface area contributed by atoms with Crippen molar-refractivity contribution in [2.45, 2.75) is 13.0 Å². The smallest absolute Gasteiger partial charge is 0.221 e. The number of anilines is 1. The molecule has 20 heavy (non-hydrogen) atoms. The molecule has 1 aliphatic heterocycles. The van der Waals surface area contributed by atoms with Crippen molar-refractivity contribution in [1.29, 1.82) is 0 Å². The van der Waals surface area contributed by atoms with E-state index in [0.717, 1.165) is 29.4 Å². The van der Waals surface area contributed by atoms with Gasteiger partial charge < -0.3 is 11.5 Å². The molecule has 104 valence electrons. The van der Waals surface area contributed by atoms with Crippen LogP contribution in [0.4, 0.5) is 5.82 Å². The number of rotatable bonds is 3. The number of fused-ring (bicyclic) bond motifs is 1. The lowest BCUT2D eigenvalue weighted by Gasteiger charge is -2.16. The maximum atomic E-state index is 11.2. The topological polar surface area (TPSA) is 85.2 Å². The van der Waals surface area contributed by atoms with Gasteiger partial charge in [-0.2, -0.15) is 0 Å². The average Bonchev–Trinajstić information content (AvgIpc) is 2.88. The van der Waals surface area contributed by atoms with Crippen LogP contribution in [0, 0.1) is 5.92 Å². The number of carbonyl (C=O) groups is 1.